The van der Waals surface area contributed by atoms with E-state index in [2.05, 4.69) is 16.0 Å². The number of thiocarbonyl (C=S) groups is 1. The minimum Gasteiger partial charge on any atom is -0.480 e. The van der Waals surface area contributed by atoms with Gasteiger partial charge < -0.3 is 49.5 Å². The second kappa shape index (κ2) is 17.6. The number of hydrogen-bond acceptors (Lipinski definition) is 13. The first-order valence-electron chi connectivity index (χ1n) is 15.9. The van der Waals surface area contributed by atoms with Crippen LogP contribution in [-0.4, -0.2) is 109 Å². The minimum atomic E-state index is -1.45. The quantitative estimate of drug-likeness (QED) is 0.131. The van der Waals surface area contributed by atoms with Crippen molar-refractivity contribution < 1.29 is 62.3 Å². The van der Waals surface area contributed by atoms with E-state index in [0.717, 1.165) is 49.9 Å². The Balaban J connectivity index is 1.37. The van der Waals surface area contributed by atoms with Crippen molar-refractivity contribution in [3.8, 4) is 11.1 Å². The highest BCUT2D eigenvalue weighted by Crippen LogP contribution is 2.44. The van der Waals surface area contributed by atoms with Crippen molar-refractivity contribution in [2.45, 2.75) is 70.2 Å². The van der Waals surface area contributed by atoms with Crippen LogP contribution in [0.5, 0.6) is 0 Å². The molecule has 6 atom stereocenters. The molecule has 1 heterocycles. The molecule has 0 radical (unpaired) electrons. The number of carbonyl (C=O) groups is 6. The van der Waals surface area contributed by atoms with E-state index in [9.17, 15) is 33.9 Å². The van der Waals surface area contributed by atoms with Gasteiger partial charge in [-0.2, -0.15) is 0 Å². The number of benzene rings is 2. The fourth-order valence-corrected chi connectivity index (χ4v) is 6.08. The SMILES string of the molecule is CC(=O)OC[C@H]1O[C@@H](CNC(=S)NC[C@H](NC(=O)OCC2c3ccccc3-c3ccccc32)C(=O)O)[C@H](OC(C)=O)[C@@H](OC(C)=O)[C@@H]1OC(C)=O. The molecule has 2 aromatic rings. The number of esters is 4. The highest BCUT2D eigenvalue weighted by atomic mass is 32.1. The number of carboxylic acids is 1. The normalized spacial score (nSPS) is 21.1. The number of rotatable bonds is 13. The molecule has 1 saturated heterocycles. The Labute approximate surface area is 298 Å². The zero-order valence-corrected chi connectivity index (χ0v) is 29.1. The van der Waals surface area contributed by atoms with E-state index in [-0.39, 0.29) is 30.7 Å². The Hall–Kier alpha value is -5.29. The minimum absolute atomic E-state index is 0.0183. The van der Waals surface area contributed by atoms with Gasteiger partial charge in [-0.25, -0.2) is 9.59 Å². The number of fused-ring (bicyclic) bond motifs is 3. The molecular weight excluding hydrogens is 690 g/mol. The first-order chi connectivity index (χ1) is 24.2. The van der Waals surface area contributed by atoms with Gasteiger partial charge >= 0.3 is 35.9 Å². The van der Waals surface area contributed by atoms with Crippen LogP contribution < -0.4 is 16.0 Å². The number of carboxylic acid groups (broad SMARTS) is 1. The maximum absolute atomic E-state index is 12.7. The number of amides is 1. The summed E-state index contributed by atoms with van der Waals surface area (Å²) in [4.78, 5) is 72.3. The number of hydrogen-bond donors (Lipinski definition) is 4. The second-order valence-corrected chi connectivity index (χ2v) is 12.1. The summed E-state index contributed by atoms with van der Waals surface area (Å²) in [6, 6.07) is 14.1. The predicted octanol–water partition coefficient (Wildman–Crippen LogP) is 1.57. The molecule has 274 valence electrons. The lowest BCUT2D eigenvalue weighted by Crippen LogP contribution is -2.64. The third-order valence-electron chi connectivity index (χ3n) is 7.95. The van der Waals surface area contributed by atoms with Crippen LogP contribution in [0.3, 0.4) is 0 Å². The molecule has 4 N–H and O–H groups in total. The average Bonchev–Trinajstić information content (AvgIpc) is 3.38. The third-order valence-corrected chi connectivity index (χ3v) is 8.24. The van der Waals surface area contributed by atoms with E-state index in [4.69, 9.17) is 40.6 Å². The van der Waals surface area contributed by atoms with Gasteiger partial charge in [0, 0.05) is 46.7 Å². The fourth-order valence-electron chi connectivity index (χ4n) is 5.92. The van der Waals surface area contributed by atoms with E-state index in [0.29, 0.717) is 0 Å². The zero-order chi connectivity index (χ0) is 37.2. The summed E-state index contributed by atoms with van der Waals surface area (Å²) in [5.41, 5.74) is 4.08. The molecule has 2 aliphatic rings. The molecule has 1 amide bonds. The Bertz CT molecular complexity index is 1610. The van der Waals surface area contributed by atoms with Gasteiger partial charge in [-0.15, -0.1) is 0 Å². The Morgan fingerprint density at radius 3 is 1.78 bits per heavy atom. The molecule has 2 aromatic carbocycles. The van der Waals surface area contributed by atoms with Crippen molar-refractivity contribution >= 4 is 53.3 Å². The molecule has 0 bridgehead atoms. The Morgan fingerprint density at radius 2 is 1.25 bits per heavy atom. The third kappa shape index (κ3) is 10.4. The molecule has 4 rings (SSSR count). The van der Waals surface area contributed by atoms with Crippen LogP contribution in [0.2, 0.25) is 0 Å². The summed E-state index contributed by atoms with van der Waals surface area (Å²) in [6.07, 6.45) is -7.21. The zero-order valence-electron chi connectivity index (χ0n) is 28.2. The van der Waals surface area contributed by atoms with Gasteiger partial charge in [0.25, 0.3) is 0 Å². The van der Waals surface area contributed by atoms with Crippen LogP contribution in [0.1, 0.15) is 44.7 Å². The van der Waals surface area contributed by atoms with Crippen LogP contribution >= 0.6 is 12.2 Å². The van der Waals surface area contributed by atoms with Crippen molar-refractivity contribution in [3.05, 3.63) is 59.7 Å². The largest absolute Gasteiger partial charge is 0.480 e. The van der Waals surface area contributed by atoms with E-state index < -0.39 is 79.1 Å². The highest BCUT2D eigenvalue weighted by Gasteiger charge is 2.52. The smallest absolute Gasteiger partial charge is 0.407 e. The van der Waals surface area contributed by atoms with Crippen molar-refractivity contribution in [2.75, 3.05) is 26.3 Å². The summed E-state index contributed by atoms with van der Waals surface area (Å²) >= 11 is 5.31. The lowest BCUT2D eigenvalue weighted by molar-refractivity contribution is -0.251. The maximum atomic E-state index is 12.7. The van der Waals surface area contributed by atoms with Crippen LogP contribution in [0, 0.1) is 0 Å². The first-order valence-corrected chi connectivity index (χ1v) is 16.3. The summed E-state index contributed by atoms with van der Waals surface area (Å²) in [6.45, 7) is 3.50. The summed E-state index contributed by atoms with van der Waals surface area (Å²) in [5, 5.41) is 17.5. The molecule has 0 saturated carbocycles. The molecule has 51 heavy (non-hydrogen) atoms. The number of alkyl carbamates (subject to hydrolysis) is 1. The van der Waals surface area contributed by atoms with Gasteiger partial charge in [0.2, 0.25) is 0 Å². The topological polar surface area (TPSA) is 214 Å². The van der Waals surface area contributed by atoms with E-state index in [1.807, 2.05) is 48.5 Å². The molecular formula is C34H39N3O13S. The molecule has 0 aromatic heterocycles. The highest BCUT2D eigenvalue weighted by molar-refractivity contribution is 7.80. The lowest BCUT2D eigenvalue weighted by Gasteiger charge is -2.44. The van der Waals surface area contributed by atoms with Gasteiger partial charge in [-0.3, -0.25) is 19.2 Å². The van der Waals surface area contributed by atoms with Crippen molar-refractivity contribution in [1.29, 1.82) is 0 Å². The van der Waals surface area contributed by atoms with E-state index >= 15 is 0 Å². The number of carbonyl (C=O) groups excluding carboxylic acids is 5. The molecule has 1 fully saturated rings. The van der Waals surface area contributed by atoms with Gasteiger partial charge in [0.1, 0.15) is 31.5 Å². The van der Waals surface area contributed by atoms with Crippen LogP contribution in [0.15, 0.2) is 48.5 Å². The van der Waals surface area contributed by atoms with Crippen LogP contribution in [0.4, 0.5) is 4.79 Å². The Morgan fingerprint density at radius 1 is 0.725 bits per heavy atom. The molecule has 16 nitrogen and oxygen atoms in total. The van der Waals surface area contributed by atoms with E-state index in [1.54, 1.807) is 0 Å². The molecule has 0 unspecified atom stereocenters. The lowest BCUT2D eigenvalue weighted by atomic mass is 9.94. The van der Waals surface area contributed by atoms with Crippen LogP contribution in [-0.2, 0) is 52.4 Å². The molecule has 17 heteroatoms. The fraction of sp³-hybridized carbons (Fsp3) is 0.441. The van der Waals surface area contributed by atoms with Gasteiger partial charge in [0.15, 0.2) is 23.4 Å². The van der Waals surface area contributed by atoms with Crippen molar-refractivity contribution in [2.24, 2.45) is 0 Å². The second-order valence-electron chi connectivity index (χ2n) is 11.7. The first kappa shape index (κ1) is 38.5. The number of nitrogens with one attached hydrogen (secondary N) is 3. The summed E-state index contributed by atoms with van der Waals surface area (Å²) in [7, 11) is 0. The summed E-state index contributed by atoms with van der Waals surface area (Å²) in [5.74, 6) is -4.57. The standard InChI is InChI=1S/C34H39N3O13S/c1-17(38)45-16-28-30(48-19(3)40)31(49-20(4)41)29(47-18(2)39)27(50-28)14-36-33(51)35-13-26(32(42)43)37-34(44)46-15-25-23-11-7-5-9-21(23)22-10-6-8-12-24(22)25/h5-12,25-31H,13-16H2,1-4H3,(H,37,44)(H,42,43)(H2,35,36,51)/t26-,27-,28+,29-,30+,31+/m0/s1. The van der Waals surface area contributed by atoms with Crippen molar-refractivity contribution in [3.63, 3.8) is 0 Å². The molecule has 1 aliphatic heterocycles. The van der Waals surface area contributed by atoms with Gasteiger partial charge in [-0.05, 0) is 34.5 Å². The maximum Gasteiger partial charge on any atom is 0.407 e. The van der Waals surface area contributed by atoms with E-state index in [1.165, 1.54) is 0 Å². The molecule has 1 aliphatic carbocycles. The number of ether oxygens (including phenoxy) is 6. The Kier molecular flexibility index (Phi) is 13.3. The number of aliphatic carboxylic acids is 1. The van der Waals surface area contributed by atoms with Gasteiger partial charge in [0.05, 0.1) is 0 Å². The molecule has 0 spiro atoms. The van der Waals surface area contributed by atoms with Gasteiger partial charge in [-0.1, -0.05) is 48.5 Å². The van der Waals surface area contributed by atoms with Crippen LogP contribution in [0.25, 0.3) is 11.1 Å². The summed E-state index contributed by atoms with van der Waals surface area (Å²) < 4.78 is 32.7. The van der Waals surface area contributed by atoms with Crippen molar-refractivity contribution in [1.82, 2.24) is 16.0 Å². The predicted molar refractivity (Wildman–Crippen MR) is 180 cm³/mol. The average molecular weight is 730 g/mol. The monoisotopic (exact) mass is 729 g/mol.